The predicted molar refractivity (Wildman–Crippen MR) is 136 cm³/mol. The second kappa shape index (κ2) is 9.26. The number of fused-ring (bicyclic) bond motifs is 3. The van der Waals surface area contributed by atoms with Crippen LogP contribution in [0, 0.1) is 5.82 Å². The van der Waals surface area contributed by atoms with Crippen molar-refractivity contribution in [1.29, 1.82) is 0 Å². The number of hydrogen-bond acceptors (Lipinski definition) is 6. The van der Waals surface area contributed by atoms with Gasteiger partial charge < -0.3 is 19.1 Å². The summed E-state index contributed by atoms with van der Waals surface area (Å²) in [4.78, 5) is 34.8. The highest BCUT2D eigenvalue weighted by atomic mass is 32.2. The van der Waals surface area contributed by atoms with Crippen LogP contribution in [0.4, 0.5) is 10.1 Å². The number of benzene rings is 2. The smallest absolute Gasteiger partial charge is 0.278 e. The number of methoxy groups -OCH3 is 1. The molecule has 182 valence electrons. The van der Waals surface area contributed by atoms with E-state index in [0.29, 0.717) is 48.1 Å². The maximum atomic E-state index is 13.2. The van der Waals surface area contributed by atoms with Gasteiger partial charge in [0.15, 0.2) is 5.16 Å². The van der Waals surface area contributed by atoms with Gasteiger partial charge in [0, 0.05) is 51.3 Å². The van der Waals surface area contributed by atoms with Gasteiger partial charge in [-0.3, -0.25) is 14.2 Å². The molecule has 2 aromatic heterocycles. The molecule has 0 bridgehead atoms. The van der Waals surface area contributed by atoms with Crippen LogP contribution >= 0.6 is 11.8 Å². The zero-order chi connectivity index (χ0) is 24.7. The van der Waals surface area contributed by atoms with Crippen molar-refractivity contribution in [3.63, 3.8) is 0 Å². The summed E-state index contributed by atoms with van der Waals surface area (Å²) in [7, 11) is 5.13. The molecule has 1 aliphatic rings. The van der Waals surface area contributed by atoms with Crippen molar-refractivity contribution in [1.82, 2.24) is 19.0 Å². The van der Waals surface area contributed by atoms with Crippen LogP contribution < -0.4 is 15.2 Å². The summed E-state index contributed by atoms with van der Waals surface area (Å²) in [5, 5.41) is 1.33. The topological polar surface area (TPSA) is 72.6 Å². The Balaban J connectivity index is 1.32. The molecule has 0 aliphatic carbocycles. The van der Waals surface area contributed by atoms with E-state index in [1.54, 1.807) is 26.3 Å². The highest BCUT2D eigenvalue weighted by Gasteiger charge is 2.23. The number of aromatic nitrogens is 3. The van der Waals surface area contributed by atoms with Crippen molar-refractivity contribution in [2.75, 3.05) is 43.9 Å². The van der Waals surface area contributed by atoms with Gasteiger partial charge >= 0.3 is 0 Å². The van der Waals surface area contributed by atoms with Gasteiger partial charge in [-0.15, -0.1) is 0 Å². The lowest BCUT2D eigenvalue weighted by atomic mass is 10.2. The lowest BCUT2D eigenvalue weighted by molar-refractivity contribution is -0.128. The van der Waals surface area contributed by atoms with Crippen molar-refractivity contribution < 1.29 is 13.9 Å². The third-order valence-electron chi connectivity index (χ3n) is 6.53. The number of carbonyl (C=O) groups is 1. The second-order valence-corrected chi connectivity index (χ2v) is 9.47. The van der Waals surface area contributed by atoms with Gasteiger partial charge in [0.1, 0.15) is 22.6 Å². The Bertz CT molecular complexity index is 1470. The Morgan fingerprint density at radius 3 is 2.46 bits per heavy atom. The molecular weight excluding hydrogens is 469 g/mol. The van der Waals surface area contributed by atoms with Gasteiger partial charge in [0.05, 0.1) is 18.4 Å². The summed E-state index contributed by atoms with van der Waals surface area (Å²) >= 11 is 1.27. The molecule has 35 heavy (non-hydrogen) atoms. The fourth-order valence-corrected chi connectivity index (χ4v) is 5.39. The van der Waals surface area contributed by atoms with E-state index in [9.17, 15) is 14.0 Å². The molecule has 8 nitrogen and oxygen atoms in total. The summed E-state index contributed by atoms with van der Waals surface area (Å²) in [5.74, 6) is 0.624. The number of amides is 1. The SMILES string of the molecule is COc1ccc2c(c1)c1nc(SCC(=O)N3CCN(c4ccc(F)cc4)CC3)n(C)c(=O)c1n2C. The third-order valence-corrected chi connectivity index (χ3v) is 7.55. The Morgan fingerprint density at radius 1 is 1.06 bits per heavy atom. The Hall–Kier alpha value is -3.53. The zero-order valence-electron chi connectivity index (χ0n) is 19.8. The Kier molecular flexibility index (Phi) is 6.14. The van der Waals surface area contributed by atoms with Crippen LogP contribution in [0.25, 0.3) is 21.9 Å². The average molecular weight is 496 g/mol. The lowest BCUT2D eigenvalue weighted by Gasteiger charge is -2.36. The van der Waals surface area contributed by atoms with Crippen LogP contribution in [0.1, 0.15) is 0 Å². The van der Waals surface area contributed by atoms with Crippen molar-refractivity contribution in [2.24, 2.45) is 14.1 Å². The van der Waals surface area contributed by atoms with Crippen LogP contribution in [-0.4, -0.2) is 64.0 Å². The molecule has 2 aromatic carbocycles. The summed E-state index contributed by atoms with van der Waals surface area (Å²) < 4.78 is 21.9. The molecule has 5 rings (SSSR count). The van der Waals surface area contributed by atoms with E-state index in [-0.39, 0.29) is 23.0 Å². The van der Waals surface area contributed by atoms with Crippen LogP contribution in [0.3, 0.4) is 0 Å². The number of nitrogens with zero attached hydrogens (tertiary/aromatic N) is 5. The standard InChI is InChI=1S/C25H26FN5O3S/c1-28-20-9-8-18(34-3)14-19(20)22-23(28)24(33)29(2)25(27-22)35-15-21(32)31-12-10-30(11-13-31)17-6-4-16(26)5-7-17/h4-9,14H,10-13,15H2,1-3H3. The van der Waals surface area contributed by atoms with Gasteiger partial charge in [0.2, 0.25) is 5.91 Å². The van der Waals surface area contributed by atoms with Crippen LogP contribution in [0.5, 0.6) is 5.75 Å². The highest BCUT2D eigenvalue weighted by molar-refractivity contribution is 7.99. The minimum Gasteiger partial charge on any atom is -0.497 e. The largest absolute Gasteiger partial charge is 0.497 e. The van der Waals surface area contributed by atoms with Crippen molar-refractivity contribution in [3.05, 3.63) is 58.6 Å². The van der Waals surface area contributed by atoms with E-state index < -0.39 is 0 Å². The maximum absolute atomic E-state index is 13.2. The summed E-state index contributed by atoms with van der Waals surface area (Å²) in [5.41, 5.74) is 2.81. The first-order chi connectivity index (χ1) is 16.9. The number of rotatable bonds is 5. The molecule has 0 spiro atoms. The quantitative estimate of drug-likeness (QED) is 0.313. The van der Waals surface area contributed by atoms with E-state index in [1.165, 1.54) is 28.5 Å². The zero-order valence-corrected chi connectivity index (χ0v) is 20.6. The minimum absolute atomic E-state index is 0.00249. The molecule has 1 saturated heterocycles. The van der Waals surface area contributed by atoms with Crippen LogP contribution in [-0.2, 0) is 18.9 Å². The van der Waals surface area contributed by atoms with Gasteiger partial charge in [-0.25, -0.2) is 9.37 Å². The van der Waals surface area contributed by atoms with Gasteiger partial charge in [-0.2, -0.15) is 0 Å². The monoisotopic (exact) mass is 495 g/mol. The Labute approximate surface area is 205 Å². The molecular formula is C25H26FN5O3S. The fraction of sp³-hybridized carbons (Fsp3) is 0.320. The maximum Gasteiger partial charge on any atom is 0.278 e. The summed E-state index contributed by atoms with van der Waals surface area (Å²) in [6, 6.07) is 12.1. The third kappa shape index (κ3) is 4.22. The average Bonchev–Trinajstić information content (AvgIpc) is 3.16. The highest BCUT2D eigenvalue weighted by Crippen LogP contribution is 2.30. The summed E-state index contributed by atoms with van der Waals surface area (Å²) in [6.07, 6.45) is 0. The number of halogens is 1. The molecule has 0 saturated carbocycles. The number of ether oxygens (including phenoxy) is 1. The van der Waals surface area contributed by atoms with E-state index in [2.05, 4.69) is 4.90 Å². The number of thioether (sulfide) groups is 1. The van der Waals surface area contributed by atoms with E-state index >= 15 is 0 Å². The molecule has 0 radical (unpaired) electrons. The van der Waals surface area contributed by atoms with Gasteiger partial charge in [-0.05, 0) is 42.5 Å². The Morgan fingerprint density at radius 2 is 1.77 bits per heavy atom. The van der Waals surface area contributed by atoms with E-state index in [1.807, 2.05) is 34.7 Å². The second-order valence-electron chi connectivity index (χ2n) is 8.53. The number of anilines is 1. The van der Waals surface area contributed by atoms with Crippen molar-refractivity contribution in [3.8, 4) is 5.75 Å². The lowest BCUT2D eigenvalue weighted by Crippen LogP contribution is -2.49. The van der Waals surface area contributed by atoms with Crippen molar-refractivity contribution >= 4 is 45.3 Å². The van der Waals surface area contributed by atoms with Crippen LogP contribution in [0.2, 0.25) is 0 Å². The summed E-state index contributed by atoms with van der Waals surface area (Å²) in [6.45, 7) is 2.54. The molecule has 10 heteroatoms. The number of piperazine rings is 1. The fourth-order valence-electron chi connectivity index (χ4n) is 4.52. The van der Waals surface area contributed by atoms with E-state index in [4.69, 9.17) is 9.72 Å². The van der Waals surface area contributed by atoms with E-state index in [0.717, 1.165) is 16.6 Å². The molecule has 0 atom stereocenters. The number of hydrogen-bond donors (Lipinski definition) is 0. The molecule has 3 heterocycles. The number of carbonyl (C=O) groups excluding carboxylic acids is 1. The van der Waals surface area contributed by atoms with Crippen molar-refractivity contribution in [2.45, 2.75) is 5.16 Å². The normalized spacial score (nSPS) is 14.2. The first kappa shape index (κ1) is 23.2. The molecule has 0 N–H and O–H groups in total. The molecule has 1 amide bonds. The number of aryl methyl sites for hydroxylation is 1. The van der Waals surface area contributed by atoms with Crippen LogP contribution in [0.15, 0.2) is 52.4 Å². The predicted octanol–water partition coefficient (Wildman–Crippen LogP) is 3.01. The first-order valence-electron chi connectivity index (χ1n) is 11.3. The molecule has 0 unspecified atom stereocenters. The molecule has 1 fully saturated rings. The van der Waals surface area contributed by atoms with Gasteiger partial charge in [-0.1, -0.05) is 11.8 Å². The molecule has 1 aliphatic heterocycles. The molecule has 4 aromatic rings. The van der Waals surface area contributed by atoms with Gasteiger partial charge in [0.25, 0.3) is 5.56 Å². The minimum atomic E-state index is -0.261. The first-order valence-corrected chi connectivity index (χ1v) is 12.3.